The Balaban J connectivity index is 1.29. The summed E-state index contributed by atoms with van der Waals surface area (Å²) in [6.07, 6.45) is 0. The fourth-order valence-corrected chi connectivity index (χ4v) is 13.6. The van der Waals surface area contributed by atoms with Crippen molar-refractivity contribution in [2.75, 3.05) is 9.80 Å². The van der Waals surface area contributed by atoms with Crippen LogP contribution in [-0.2, 0) is 11.1 Å². The van der Waals surface area contributed by atoms with Gasteiger partial charge in [-0.3, -0.25) is 0 Å². The monoisotopic (exact) mass is 1060 g/mol. The molecule has 4 heterocycles. The van der Waals surface area contributed by atoms with E-state index in [1.165, 1.54) is 0 Å². The van der Waals surface area contributed by atoms with E-state index in [9.17, 15) is 10.5 Å². The molecule has 0 unspecified atom stereocenters. The summed E-state index contributed by atoms with van der Waals surface area (Å²) in [6, 6.07) is 89.4. The molecule has 8 nitrogen and oxygen atoms in total. The van der Waals surface area contributed by atoms with E-state index in [0.29, 0.717) is 34.1 Å². The molecule has 2 aliphatic heterocycles. The van der Waals surface area contributed by atoms with Gasteiger partial charge in [0.15, 0.2) is 23.0 Å². The number of fused-ring (bicyclic) bond motifs is 10. The predicted molar refractivity (Wildman–Crippen MR) is 332 cm³/mol. The highest BCUT2D eigenvalue weighted by molar-refractivity contribution is 6.12. The van der Waals surface area contributed by atoms with Crippen LogP contribution in [0.15, 0.2) is 243 Å². The highest BCUT2D eigenvalue weighted by atomic mass is 16.5. The van der Waals surface area contributed by atoms with Crippen molar-refractivity contribution in [1.82, 2.24) is 9.13 Å². The van der Waals surface area contributed by atoms with E-state index >= 15 is 0 Å². The normalized spacial score (nSPS) is 12.8. The molecule has 0 amide bonds. The molecule has 0 N–H and O–H groups in total. The van der Waals surface area contributed by atoms with Crippen LogP contribution in [0.5, 0.6) is 23.0 Å². The van der Waals surface area contributed by atoms with Crippen molar-refractivity contribution < 1.29 is 9.47 Å². The van der Waals surface area contributed by atoms with Gasteiger partial charge in [0.05, 0.1) is 68.5 Å². The highest BCUT2D eigenvalue weighted by Gasteiger charge is 2.47. The van der Waals surface area contributed by atoms with Crippen molar-refractivity contribution in [2.24, 2.45) is 0 Å². The van der Waals surface area contributed by atoms with Gasteiger partial charge in [0.25, 0.3) is 0 Å². The molecule has 13 aromatic rings. The van der Waals surface area contributed by atoms with Gasteiger partial charge in [0, 0.05) is 60.3 Å². The highest BCUT2D eigenvalue weighted by Crippen LogP contribution is 2.65. The molecule has 0 aliphatic carbocycles. The van der Waals surface area contributed by atoms with Gasteiger partial charge < -0.3 is 28.4 Å². The minimum absolute atomic E-state index is 0.517. The molecular formula is C74H52N6O2. The Kier molecular flexibility index (Phi) is 10.8. The van der Waals surface area contributed by atoms with Crippen molar-refractivity contribution in [1.29, 1.82) is 10.5 Å². The topological polar surface area (TPSA) is 82.4 Å². The molecule has 15 rings (SSSR count). The molecule has 0 spiro atoms. The average Bonchev–Trinajstić information content (AvgIpc) is 2.13. The first-order valence-corrected chi connectivity index (χ1v) is 27.7. The molecule has 82 heavy (non-hydrogen) atoms. The lowest BCUT2D eigenvalue weighted by Crippen LogP contribution is -2.36. The first-order chi connectivity index (χ1) is 40.1. The van der Waals surface area contributed by atoms with Crippen LogP contribution in [0.25, 0.3) is 65.9 Å². The zero-order chi connectivity index (χ0) is 55.4. The summed E-state index contributed by atoms with van der Waals surface area (Å²) in [5, 5.41) is 26.7. The van der Waals surface area contributed by atoms with Gasteiger partial charge >= 0.3 is 0 Å². The third-order valence-corrected chi connectivity index (χ3v) is 16.8. The molecule has 0 saturated carbocycles. The smallest absolute Gasteiger partial charge is 0.151 e. The Hall–Kier alpha value is -10.8. The maximum absolute atomic E-state index is 11.1. The largest absolute Gasteiger partial charge is 0.453 e. The SMILES string of the molecule is CC(C)(c1c(-c2cccc(C#N)c2)c(N2c3ccccc3Oc3ccccc32)c(C(C)(C)n2c3ccccc3c3ccccc32)c(N2c3ccccc3Oc3ccccc32)c1-c1cccc(C#N)c1)n1c2ccccc2c2ccccc21. The van der Waals surface area contributed by atoms with Gasteiger partial charge in [-0.2, -0.15) is 10.5 Å². The van der Waals surface area contributed by atoms with Crippen LogP contribution in [0.2, 0.25) is 0 Å². The summed E-state index contributed by atoms with van der Waals surface area (Å²) < 4.78 is 19.0. The third kappa shape index (κ3) is 7.08. The Morgan fingerprint density at radius 1 is 0.329 bits per heavy atom. The number of aromatic nitrogens is 2. The molecule has 0 radical (unpaired) electrons. The number of nitrogens with zero attached hydrogens (tertiary/aromatic N) is 6. The predicted octanol–water partition coefficient (Wildman–Crippen LogP) is 19.7. The Morgan fingerprint density at radius 3 is 0.951 bits per heavy atom. The van der Waals surface area contributed by atoms with Gasteiger partial charge in [-0.05, 0) is 141 Å². The quantitative estimate of drug-likeness (QED) is 0.151. The van der Waals surface area contributed by atoms with Crippen LogP contribution < -0.4 is 19.3 Å². The van der Waals surface area contributed by atoms with Crippen LogP contribution in [0.3, 0.4) is 0 Å². The molecule has 0 atom stereocenters. The number of benzene rings is 11. The summed E-state index contributed by atoms with van der Waals surface area (Å²) in [5.41, 5.74) is 13.8. The number of ether oxygens (including phenoxy) is 2. The van der Waals surface area contributed by atoms with E-state index in [4.69, 9.17) is 9.47 Å². The summed E-state index contributed by atoms with van der Waals surface area (Å²) in [4.78, 5) is 4.85. The Labute approximate surface area is 475 Å². The third-order valence-electron chi connectivity index (χ3n) is 16.8. The molecule has 2 aromatic heterocycles. The zero-order valence-corrected chi connectivity index (χ0v) is 45.6. The first kappa shape index (κ1) is 48.3. The van der Waals surface area contributed by atoms with Crippen molar-refractivity contribution in [3.8, 4) is 57.4 Å². The van der Waals surface area contributed by atoms with Crippen molar-refractivity contribution in [2.45, 2.75) is 38.8 Å². The fraction of sp³-hybridized carbons (Fsp3) is 0.0811. The maximum atomic E-state index is 11.1. The summed E-state index contributed by atoms with van der Waals surface area (Å²) in [5.74, 6) is 2.76. The van der Waals surface area contributed by atoms with Crippen LogP contribution in [0, 0.1) is 22.7 Å². The molecule has 390 valence electrons. The van der Waals surface area contributed by atoms with Crippen molar-refractivity contribution in [3.63, 3.8) is 0 Å². The number of hydrogen-bond donors (Lipinski definition) is 0. The number of nitriles is 2. The van der Waals surface area contributed by atoms with Crippen LogP contribution in [-0.4, -0.2) is 9.13 Å². The summed E-state index contributed by atoms with van der Waals surface area (Å²) in [6.45, 7) is 9.38. The van der Waals surface area contributed by atoms with Gasteiger partial charge in [0.2, 0.25) is 0 Å². The summed E-state index contributed by atoms with van der Waals surface area (Å²) >= 11 is 0. The first-order valence-electron chi connectivity index (χ1n) is 27.7. The minimum Gasteiger partial charge on any atom is -0.453 e. The maximum Gasteiger partial charge on any atom is 0.151 e. The lowest BCUT2D eigenvalue weighted by molar-refractivity contribution is 0.455. The molecule has 0 fully saturated rings. The number of anilines is 6. The fourth-order valence-electron chi connectivity index (χ4n) is 13.6. The van der Waals surface area contributed by atoms with E-state index < -0.39 is 11.1 Å². The van der Waals surface area contributed by atoms with Crippen LogP contribution >= 0.6 is 0 Å². The lowest BCUT2D eigenvalue weighted by Gasteiger charge is -2.47. The standard InChI is InChI=1S/C74H52N6O2/c1-73(2,79-55-31-9-5-27-51(55)52-28-6-10-32-56(52)79)69-67(49-25-21-23-47(43-49)45-75)71(77-59-35-13-17-39-63(59)81-64-40-18-14-36-60(64)77)70(74(3,4)80-57-33-11-7-29-53(57)54-30-8-12-34-58(54)80)72(68(69)50-26-22-24-48(44-50)46-76)78-61-37-15-19-41-65(61)82-66-42-20-16-38-62(66)78/h5-44H,1-4H3. The Morgan fingerprint density at radius 2 is 0.622 bits per heavy atom. The number of rotatable bonds is 8. The Bertz CT molecular complexity index is 4510. The van der Waals surface area contributed by atoms with Gasteiger partial charge in [-0.1, -0.05) is 146 Å². The van der Waals surface area contributed by atoms with E-state index in [1.54, 1.807) is 0 Å². The molecule has 0 saturated heterocycles. The van der Waals surface area contributed by atoms with E-state index in [0.717, 1.165) is 111 Å². The van der Waals surface area contributed by atoms with Gasteiger partial charge in [-0.25, -0.2) is 0 Å². The molecule has 2 aliphatic rings. The molecule has 11 aromatic carbocycles. The van der Waals surface area contributed by atoms with Crippen molar-refractivity contribution >= 4 is 77.7 Å². The van der Waals surface area contributed by atoms with Crippen LogP contribution in [0.1, 0.15) is 49.9 Å². The van der Waals surface area contributed by atoms with Crippen LogP contribution in [0.4, 0.5) is 34.1 Å². The molecular weight excluding hydrogens is 1000 g/mol. The van der Waals surface area contributed by atoms with Gasteiger partial charge in [0.1, 0.15) is 0 Å². The second-order valence-electron chi connectivity index (χ2n) is 22.2. The summed E-state index contributed by atoms with van der Waals surface area (Å²) in [7, 11) is 0. The number of para-hydroxylation sites is 12. The van der Waals surface area contributed by atoms with E-state index in [2.05, 4.69) is 216 Å². The average molecular weight is 1060 g/mol. The second-order valence-corrected chi connectivity index (χ2v) is 22.2. The van der Waals surface area contributed by atoms with Crippen molar-refractivity contribution in [3.05, 3.63) is 265 Å². The lowest BCUT2D eigenvalue weighted by atomic mass is 9.73. The van der Waals surface area contributed by atoms with Gasteiger partial charge in [-0.15, -0.1) is 0 Å². The molecule has 8 heteroatoms. The van der Waals surface area contributed by atoms with E-state index in [1.807, 2.05) is 84.9 Å². The second kappa shape index (κ2) is 18.4. The minimum atomic E-state index is -1.00. The zero-order valence-electron chi connectivity index (χ0n) is 45.6. The molecule has 0 bridgehead atoms. The number of hydrogen-bond acceptors (Lipinski definition) is 6. The van der Waals surface area contributed by atoms with E-state index in [-0.39, 0.29) is 0 Å².